The van der Waals surface area contributed by atoms with Gasteiger partial charge in [0, 0.05) is 60.4 Å². The monoisotopic (exact) mass is 770 g/mol. The molecule has 0 aliphatic heterocycles. The van der Waals surface area contributed by atoms with E-state index in [1.807, 2.05) is 50.4 Å². The first kappa shape index (κ1) is 37.7. The minimum absolute atomic E-state index is 0.133. The van der Waals surface area contributed by atoms with Gasteiger partial charge in [-0.05, 0) is 104 Å². The summed E-state index contributed by atoms with van der Waals surface area (Å²) in [7, 11) is 2.02. The lowest BCUT2D eigenvalue weighted by atomic mass is 9.98. The number of hydrogen-bond donors (Lipinski definition) is 2. The average Bonchev–Trinajstić information content (AvgIpc) is 3.94. The molecule has 5 aromatic heterocycles. The summed E-state index contributed by atoms with van der Waals surface area (Å²) in [5, 5.41) is 2.10. The fraction of sp³-hybridized carbons (Fsp3) is 0.217. The molecule has 8 aromatic rings. The number of H-pyrrole nitrogens is 2. The van der Waals surface area contributed by atoms with Gasteiger partial charge in [0.15, 0.2) is 0 Å². The van der Waals surface area contributed by atoms with Crippen LogP contribution in [0.25, 0.3) is 32.7 Å². The third kappa shape index (κ3) is 8.29. The maximum absolute atomic E-state index is 12.2. The van der Waals surface area contributed by atoms with Crippen molar-refractivity contribution in [3.8, 4) is 35.4 Å². The van der Waals surface area contributed by atoms with Crippen LogP contribution < -0.4 is 25.5 Å². The Morgan fingerprint density at radius 3 is 1.95 bits per heavy atom. The maximum Gasteiger partial charge on any atom is 0.302 e. The van der Waals surface area contributed by atoms with Crippen LogP contribution in [-0.4, -0.2) is 41.5 Å². The highest BCUT2D eigenvalue weighted by molar-refractivity contribution is 5.82. The van der Waals surface area contributed by atoms with Crippen LogP contribution in [0.3, 0.4) is 0 Å². The van der Waals surface area contributed by atoms with E-state index in [2.05, 4.69) is 101 Å². The molecular formula is C46H42N8O4. The summed E-state index contributed by atoms with van der Waals surface area (Å²) in [5.74, 6) is 7.73. The number of ether oxygens (including phenoxy) is 2. The van der Waals surface area contributed by atoms with Gasteiger partial charge in [-0.1, -0.05) is 31.9 Å². The molecule has 1 atom stereocenters. The topological polar surface area (TPSA) is 144 Å². The van der Waals surface area contributed by atoms with Crippen LogP contribution in [0.5, 0.6) is 23.5 Å². The highest BCUT2D eigenvalue weighted by Crippen LogP contribution is 2.34. The second-order valence-corrected chi connectivity index (χ2v) is 14.3. The summed E-state index contributed by atoms with van der Waals surface area (Å²) in [6, 6.07) is 28.4. The van der Waals surface area contributed by atoms with Crippen LogP contribution in [-0.2, 0) is 0 Å². The average molecular weight is 771 g/mol. The lowest BCUT2D eigenvalue weighted by Gasteiger charge is -2.20. The predicted octanol–water partition coefficient (Wildman–Crippen LogP) is 9.58. The van der Waals surface area contributed by atoms with Crippen LogP contribution >= 0.6 is 0 Å². The number of anilines is 2. The van der Waals surface area contributed by atoms with Crippen LogP contribution in [0.4, 0.5) is 11.4 Å². The molecule has 12 heteroatoms. The lowest BCUT2D eigenvalue weighted by molar-refractivity contribution is 0.442. The van der Waals surface area contributed by atoms with Crippen molar-refractivity contribution in [2.45, 2.75) is 57.9 Å². The standard InChI is InChI=1S/C26H24N4O2.C20H18N4O2/c1-4-5-6-18(2)19-7-9-20(10-8-19)30(3)21-11-13-22(14-12-21)32-26-28-24-17-27-16-15-23(24)25(31)29-26;25-19-16-7-9-21-12-17(16)22-20(23-19)26-15-5-6-18-13(11-15)8-10-24(18)14-3-1-2-4-14/h7-18H,6H2,1-3H3,(H,28,29,31);5-12,14H,1-4H2,(H,22,23,25). The van der Waals surface area contributed by atoms with Gasteiger partial charge in [-0.3, -0.25) is 29.5 Å². The van der Waals surface area contributed by atoms with Crippen molar-refractivity contribution < 1.29 is 9.47 Å². The summed E-state index contributed by atoms with van der Waals surface area (Å²) >= 11 is 0. The Balaban J connectivity index is 0.000000165. The van der Waals surface area contributed by atoms with Gasteiger partial charge in [0.25, 0.3) is 11.1 Å². The number of nitrogens with zero attached hydrogens (tertiary/aromatic N) is 6. The second kappa shape index (κ2) is 16.9. The zero-order chi connectivity index (χ0) is 40.0. The fourth-order valence-electron chi connectivity index (χ4n) is 7.25. The normalized spacial score (nSPS) is 13.1. The molecule has 1 saturated carbocycles. The maximum atomic E-state index is 12.2. The molecule has 58 heavy (non-hydrogen) atoms. The first-order valence-electron chi connectivity index (χ1n) is 19.3. The number of hydrogen-bond acceptors (Lipinski definition) is 9. The van der Waals surface area contributed by atoms with Crippen LogP contribution in [0.2, 0.25) is 0 Å². The molecule has 3 aromatic carbocycles. The molecule has 2 N–H and O–H groups in total. The molecule has 0 saturated heterocycles. The van der Waals surface area contributed by atoms with Crippen molar-refractivity contribution in [3.63, 3.8) is 0 Å². The third-order valence-corrected chi connectivity index (χ3v) is 10.5. The van der Waals surface area contributed by atoms with E-state index >= 15 is 0 Å². The predicted molar refractivity (Wildman–Crippen MR) is 227 cm³/mol. The van der Waals surface area contributed by atoms with E-state index in [0.717, 1.165) is 23.2 Å². The number of fused-ring (bicyclic) bond motifs is 3. The fourth-order valence-corrected chi connectivity index (χ4v) is 7.25. The van der Waals surface area contributed by atoms with E-state index < -0.39 is 0 Å². The number of aromatic nitrogens is 7. The van der Waals surface area contributed by atoms with Gasteiger partial charge in [-0.2, -0.15) is 9.97 Å². The summed E-state index contributed by atoms with van der Waals surface area (Å²) in [4.78, 5) is 48.4. The van der Waals surface area contributed by atoms with E-state index in [9.17, 15) is 9.59 Å². The highest BCUT2D eigenvalue weighted by Gasteiger charge is 2.18. The van der Waals surface area contributed by atoms with Crippen LogP contribution in [0.1, 0.15) is 63.5 Å². The van der Waals surface area contributed by atoms with Crippen molar-refractivity contribution in [2.24, 2.45) is 0 Å². The first-order chi connectivity index (χ1) is 28.3. The van der Waals surface area contributed by atoms with Crippen molar-refractivity contribution in [1.82, 2.24) is 34.5 Å². The van der Waals surface area contributed by atoms with E-state index in [4.69, 9.17) is 9.47 Å². The zero-order valence-corrected chi connectivity index (χ0v) is 32.5. The molecule has 5 heterocycles. The van der Waals surface area contributed by atoms with Crippen molar-refractivity contribution in [1.29, 1.82) is 0 Å². The minimum Gasteiger partial charge on any atom is -0.426 e. The highest BCUT2D eigenvalue weighted by atomic mass is 16.5. The Kier molecular flexibility index (Phi) is 10.9. The minimum atomic E-state index is -0.261. The number of nitrogens with one attached hydrogen (secondary N) is 2. The smallest absolute Gasteiger partial charge is 0.302 e. The van der Waals surface area contributed by atoms with Gasteiger partial charge >= 0.3 is 12.0 Å². The van der Waals surface area contributed by atoms with E-state index in [0.29, 0.717) is 45.3 Å². The quantitative estimate of drug-likeness (QED) is 0.137. The Labute approximate surface area is 334 Å². The van der Waals surface area contributed by atoms with Gasteiger partial charge in [0.05, 0.1) is 34.2 Å². The third-order valence-electron chi connectivity index (χ3n) is 10.5. The van der Waals surface area contributed by atoms with Gasteiger partial charge < -0.3 is 18.9 Å². The summed E-state index contributed by atoms with van der Waals surface area (Å²) < 4.78 is 13.9. The van der Waals surface area contributed by atoms with Crippen molar-refractivity contribution >= 4 is 44.1 Å². The van der Waals surface area contributed by atoms with Crippen molar-refractivity contribution in [3.05, 3.63) is 142 Å². The van der Waals surface area contributed by atoms with Crippen LogP contribution in [0.15, 0.2) is 126 Å². The summed E-state index contributed by atoms with van der Waals surface area (Å²) in [6.45, 7) is 4.06. The van der Waals surface area contributed by atoms with E-state index in [1.54, 1.807) is 36.9 Å². The first-order valence-corrected chi connectivity index (χ1v) is 19.3. The number of benzene rings is 3. The Bertz CT molecular complexity index is 2880. The molecule has 0 spiro atoms. The molecule has 0 bridgehead atoms. The van der Waals surface area contributed by atoms with Crippen molar-refractivity contribution in [2.75, 3.05) is 11.9 Å². The summed E-state index contributed by atoms with van der Waals surface area (Å²) in [6.07, 6.45) is 14.4. The van der Waals surface area contributed by atoms with Gasteiger partial charge in [0.2, 0.25) is 0 Å². The molecular weight excluding hydrogens is 729 g/mol. The van der Waals surface area contributed by atoms with E-state index in [1.165, 1.54) is 36.8 Å². The van der Waals surface area contributed by atoms with Crippen LogP contribution in [0, 0.1) is 11.8 Å². The molecule has 0 amide bonds. The van der Waals surface area contributed by atoms with Gasteiger partial charge in [-0.15, -0.1) is 11.8 Å². The zero-order valence-electron chi connectivity index (χ0n) is 32.5. The number of aromatic amines is 2. The largest absolute Gasteiger partial charge is 0.426 e. The second-order valence-electron chi connectivity index (χ2n) is 14.3. The number of rotatable bonds is 9. The molecule has 12 nitrogen and oxygen atoms in total. The number of pyridine rings is 2. The van der Waals surface area contributed by atoms with Gasteiger partial charge in [-0.25, -0.2) is 0 Å². The Morgan fingerprint density at radius 2 is 1.34 bits per heavy atom. The van der Waals surface area contributed by atoms with E-state index in [-0.39, 0.29) is 23.1 Å². The van der Waals surface area contributed by atoms with Gasteiger partial charge in [0.1, 0.15) is 11.5 Å². The Hall–Kier alpha value is -7.26. The molecule has 1 aliphatic carbocycles. The lowest BCUT2D eigenvalue weighted by Crippen LogP contribution is -2.10. The Morgan fingerprint density at radius 1 is 0.776 bits per heavy atom. The molecule has 0 radical (unpaired) electrons. The SMILES string of the molecule is CC#CCC(C)c1ccc(N(C)c2ccc(Oc3nc4cnccc4c(=O)[nH]3)cc2)cc1.O=c1[nH]c(Oc2ccc3c(ccn3C3CCCC3)c2)nc2cnccc12. The molecule has 1 aliphatic rings. The summed E-state index contributed by atoms with van der Waals surface area (Å²) in [5.41, 5.74) is 5.10. The molecule has 1 fully saturated rings. The molecule has 1 unspecified atom stereocenters. The molecule has 290 valence electrons. The molecule has 9 rings (SSSR count).